The Balaban J connectivity index is 0.000000171. The second-order valence-corrected chi connectivity index (χ2v) is 10.8. The number of benzene rings is 2. The lowest BCUT2D eigenvalue weighted by atomic mass is 10.0. The molecule has 2 aromatic carbocycles. The van der Waals surface area contributed by atoms with Crippen molar-refractivity contribution in [2.24, 2.45) is 0 Å². The zero-order chi connectivity index (χ0) is 28.2. The monoisotopic (exact) mass is 541 g/mol. The van der Waals surface area contributed by atoms with Crippen LogP contribution in [0.25, 0.3) is 22.8 Å². The van der Waals surface area contributed by atoms with E-state index in [2.05, 4.69) is 90.7 Å². The first kappa shape index (κ1) is 29.7. The number of rotatable bonds is 5. The van der Waals surface area contributed by atoms with Crippen LogP contribution in [-0.4, -0.2) is 24.9 Å². The van der Waals surface area contributed by atoms with E-state index in [1.165, 1.54) is 28.5 Å². The lowest BCUT2D eigenvalue weighted by Gasteiger charge is -2.05. The maximum absolute atomic E-state index is 12.6. The number of hydrogen-bond donors (Lipinski definition) is 0. The quantitative estimate of drug-likeness (QED) is 0.222. The summed E-state index contributed by atoms with van der Waals surface area (Å²) in [5, 5.41) is 3.24. The van der Waals surface area contributed by atoms with E-state index < -0.39 is 5.82 Å². The second kappa shape index (κ2) is 14.9. The van der Waals surface area contributed by atoms with Crippen molar-refractivity contribution < 1.29 is 4.39 Å². The molecule has 0 aliphatic rings. The van der Waals surface area contributed by atoms with Gasteiger partial charge in [0.05, 0.1) is 17.4 Å². The third-order valence-electron chi connectivity index (χ3n) is 5.80. The number of aromatic nitrogens is 5. The standard InChI is InChI=1S/C13H13FN2.C13H14N2.C6H9NS/c1-9(2)10-3-5-11(6-4-10)13-15-7-12(14)8-16-13;1-10(2)11-4-6-12(7-5-11)13-14-8-3-9-15-13;1-5(2)6-7-3-4-8-6/h3-9H,1-2H3;3-10H,1-2H3;3-5H,1-2H3. The molecule has 0 N–H and O–H groups in total. The van der Waals surface area contributed by atoms with Gasteiger partial charge in [0.15, 0.2) is 17.5 Å². The van der Waals surface area contributed by atoms with Crippen molar-refractivity contribution in [2.75, 3.05) is 0 Å². The highest BCUT2D eigenvalue weighted by Gasteiger charge is 2.04. The summed E-state index contributed by atoms with van der Waals surface area (Å²) in [5.41, 5.74) is 4.59. The van der Waals surface area contributed by atoms with Crippen LogP contribution in [0.5, 0.6) is 0 Å². The van der Waals surface area contributed by atoms with Crippen LogP contribution in [0, 0.1) is 5.82 Å². The Kier molecular flexibility index (Phi) is 11.4. The maximum Gasteiger partial charge on any atom is 0.159 e. The Bertz CT molecular complexity index is 1350. The van der Waals surface area contributed by atoms with Gasteiger partial charge in [0.2, 0.25) is 0 Å². The van der Waals surface area contributed by atoms with Crippen LogP contribution in [0.1, 0.15) is 75.4 Å². The summed E-state index contributed by atoms with van der Waals surface area (Å²) in [6.07, 6.45) is 7.73. The van der Waals surface area contributed by atoms with Crippen molar-refractivity contribution in [3.05, 3.63) is 113 Å². The number of hydrogen-bond acceptors (Lipinski definition) is 6. The number of halogens is 1. The molecule has 5 aromatic rings. The lowest BCUT2D eigenvalue weighted by molar-refractivity contribution is 0.614. The van der Waals surface area contributed by atoms with Gasteiger partial charge in [0, 0.05) is 41.0 Å². The molecule has 0 aliphatic heterocycles. The summed E-state index contributed by atoms with van der Waals surface area (Å²) in [7, 11) is 0. The molecule has 7 heteroatoms. The van der Waals surface area contributed by atoms with E-state index in [0.717, 1.165) is 17.0 Å². The minimum absolute atomic E-state index is 0.414. The topological polar surface area (TPSA) is 64.5 Å². The van der Waals surface area contributed by atoms with Gasteiger partial charge >= 0.3 is 0 Å². The predicted octanol–water partition coefficient (Wildman–Crippen LogP) is 8.94. The summed E-state index contributed by atoms with van der Waals surface area (Å²) in [4.78, 5) is 20.4. The Morgan fingerprint density at radius 2 is 1.03 bits per heavy atom. The van der Waals surface area contributed by atoms with Crippen molar-refractivity contribution in [1.82, 2.24) is 24.9 Å². The third kappa shape index (κ3) is 9.45. The molecule has 0 aliphatic carbocycles. The van der Waals surface area contributed by atoms with Crippen LogP contribution < -0.4 is 0 Å². The van der Waals surface area contributed by atoms with E-state index in [1.54, 1.807) is 23.7 Å². The predicted molar refractivity (Wildman–Crippen MR) is 159 cm³/mol. The normalized spacial score (nSPS) is 10.6. The summed E-state index contributed by atoms with van der Waals surface area (Å²) in [5.74, 6) is 2.58. The fourth-order valence-electron chi connectivity index (χ4n) is 3.46. The van der Waals surface area contributed by atoms with Gasteiger partial charge in [0.25, 0.3) is 0 Å². The van der Waals surface area contributed by atoms with Crippen LogP contribution in [0.15, 0.2) is 91.0 Å². The molecule has 0 bridgehead atoms. The fraction of sp³-hybridized carbons (Fsp3) is 0.281. The van der Waals surface area contributed by atoms with Crippen LogP contribution >= 0.6 is 11.3 Å². The molecule has 0 saturated carbocycles. The van der Waals surface area contributed by atoms with Gasteiger partial charge in [-0.3, -0.25) is 0 Å². The Morgan fingerprint density at radius 3 is 1.38 bits per heavy atom. The van der Waals surface area contributed by atoms with Gasteiger partial charge in [-0.05, 0) is 29.0 Å². The average Bonchev–Trinajstić information content (AvgIpc) is 3.51. The Hall–Kier alpha value is -3.84. The first-order chi connectivity index (χ1) is 18.7. The molecule has 0 amide bonds. The average molecular weight is 542 g/mol. The number of nitrogens with zero attached hydrogens (tertiary/aromatic N) is 5. The molecule has 0 fully saturated rings. The summed E-state index contributed by atoms with van der Waals surface area (Å²) in [6.45, 7) is 13.0. The largest absolute Gasteiger partial charge is 0.249 e. The van der Waals surface area contributed by atoms with Gasteiger partial charge in [0.1, 0.15) is 0 Å². The van der Waals surface area contributed by atoms with E-state index in [9.17, 15) is 4.39 Å². The van der Waals surface area contributed by atoms with Gasteiger partial charge in [-0.1, -0.05) is 90.1 Å². The zero-order valence-electron chi connectivity index (χ0n) is 23.4. The third-order valence-corrected chi connectivity index (χ3v) is 6.88. The molecule has 3 aromatic heterocycles. The van der Waals surface area contributed by atoms with E-state index in [4.69, 9.17) is 0 Å². The van der Waals surface area contributed by atoms with Gasteiger partial charge in [-0.25, -0.2) is 29.3 Å². The summed E-state index contributed by atoms with van der Waals surface area (Å²) >= 11 is 1.72. The van der Waals surface area contributed by atoms with Gasteiger partial charge in [-0.15, -0.1) is 11.3 Å². The minimum Gasteiger partial charge on any atom is -0.249 e. The molecular weight excluding hydrogens is 505 g/mol. The smallest absolute Gasteiger partial charge is 0.159 e. The first-order valence-corrected chi connectivity index (χ1v) is 14.0. The van der Waals surface area contributed by atoms with E-state index >= 15 is 0 Å². The molecule has 0 saturated heterocycles. The van der Waals surface area contributed by atoms with Crippen LogP contribution in [0.4, 0.5) is 4.39 Å². The summed E-state index contributed by atoms with van der Waals surface area (Å²) < 4.78 is 12.6. The van der Waals surface area contributed by atoms with Crippen molar-refractivity contribution in [1.29, 1.82) is 0 Å². The molecule has 0 unspecified atom stereocenters. The van der Waals surface area contributed by atoms with E-state index in [0.29, 0.717) is 23.6 Å². The van der Waals surface area contributed by atoms with Crippen molar-refractivity contribution in [3.63, 3.8) is 0 Å². The van der Waals surface area contributed by atoms with Crippen LogP contribution in [-0.2, 0) is 0 Å². The molecule has 0 spiro atoms. The molecule has 39 heavy (non-hydrogen) atoms. The minimum atomic E-state index is -0.414. The molecule has 5 rings (SSSR count). The molecule has 3 heterocycles. The second-order valence-electron chi connectivity index (χ2n) is 9.88. The Morgan fingerprint density at radius 1 is 0.564 bits per heavy atom. The molecule has 0 radical (unpaired) electrons. The molecule has 5 nitrogen and oxygen atoms in total. The van der Waals surface area contributed by atoms with Crippen LogP contribution in [0.3, 0.4) is 0 Å². The van der Waals surface area contributed by atoms with E-state index in [-0.39, 0.29) is 0 Å². The first-order valence-electron chi connectivity index (χ1n) is 13.1. The zero-order valence-corrected chi connectivity index (χ0v) is 24.2. The fourth-order valence-corrected chi connectivity index (χ4v) is 4.12. The molecular formula is C32H36FN5S. The van der Waals surface area contributed by atoms with Gasteiger partial charge < -0.3 is 0 Å². The van der Waals surface area contributed by atoms with Gasteiger partial charge in [-0.2, -0.15) is 0 Å². The van der Waals surface area contributed by atoms with Crippen LogP contribution in [0.2, 0.25) is 0 Å². The summed E-state index contributed by atoms with van der Waals surface area (Å²) in [6, 6.07) is 18.3. The molecule has 0 atom stereocenters. The highest BCUT2D eigenvalue weighted by Crippen LogP contribution is 2.20. The highest BCUT2D eigenvalue weighted by molar-refractivity contribution is 7.09. The van der Waals surface area contributed by atoms with Crippen molar-refractivity contribution >= 4 is 11.3 Å². The molecule has 202 valence electrons. The maximum atomic E-state index is 12.6. The van der Waals surface area contributed by atoms with E-state index in [1.807, 2.05) is 41.9 Å². The van der Waals surface area contributed by atoms with Crippen molar-refractivity contribution in [2.45, 2.75) is 59.3 Å². The Labute approximate surface area is 235 Å². The highest BCUT2D eigenvalue weighted by atomic mass is 32.1. The van der Waals surface area contributed by atoms with Crippen molar-refractivity contribution in [3.8, 4) is 22.8 Å². The SMILES string of the molecule is CC(C)c1ccc(-c2ncc(F)cn2)cc1.CC(C)c1ccc(-c2ncccn2)cc1.CC(C)c1nccs1. The number of thiazole rings is 1. The lowest BCUT2D eigenvalue weighted by Crippen LogP contribution is -1.91.